The SMILES string of the molecule is COCC(C)(C)N(C)C(=O)c1cccc(-c2ccc(-c3nn[nH]n3)cc2)c1. The highest BCUT2D eigenvalue weighted by atomic mass is 16.5. The van der Waals surface area contributed by atoms with E-state index < -0.39 is 5.54 Å². The van der Waals surface area contributed by atoms with E-state index in [0.717, 1.165) is 16.7 Å². The number of H-pyrrole nitrogens is 1. The number of nitrogens with one attached hydrogen (secondary N) is 1. The lowest BCUT2D eigenvalue weighted by Gasteiger charge is -2.35. The number of ether oxygens (including phenoxy) is 1. The van der Waals surface area contributed by atoms with Crippen LogP contribution in [0, 0.1) is 0 Å². The van der Waals surface area contributed by atoms with Crippen molar-refractivity contribution < 1.29 is 9.53 Å². The monoisotopic (exact) mass is 365 g/mol. The quantitative estimate of drug-likeness (QED) is 0.726. The van der Waals surface area contributed by atoms with Gasteiger partial charge in [0.15, 0.2) is 0 Å². The molecule has 2 aromatic carbocycles. The maximum absolute atomic E-state index is 12.9. The van der Waals surface area contributed by atoms with Gasteiger partial charge in [-0.3, -0.25) is 4.79 Å². The number of hydrogen-bond acceptors (Lipinski definition) is 5. The molecule has 0 saturated heterocycles. The number of rotatable bonds is 6. The van der Waals surface area contributed by atoms with Crippen LogP contribution >= 0.6 is 0 Å². The molecular formula is C20H23N5O2. The predicted molar refractivity (Wildman–Crippen MR) is 103 cm³/mol. The Hall–Kier alpha value is -3.06. The third-order valence-corrected chi connectivity index (χ3v) is 4.64. The van der Waals surface area contributed by atoms with Crippen LogP contribution in [0.2, 0.25) is 0 Å². The van der Waals surface area contributed by atoms with Crippen LogP contribution in [0.4, 0.5) is 0 Å². The predicted octanol–water partition coefficient (Wildman–Crippen LogP) is 3.03. The summed E-state index contributed by atoms with van der Waals surface area (Å²) in [4.78, 5) is 14.6. The molecule has 0 aliphatic heterocycles. The first-order valence-electron chi connectivity index (χ1n) is 8.64. The van der Waals surface area contributed by atoms with Gasteiger partial charge in [0.05, 0.1) is 12.1 Å². The Morgan fingerprint density at radius 3 is 2.44 bits per heavy atom. The molecule has 0 atom stereocenters. The van der Waals surface area contributed by atoms with E-state index in [1.807, 2.05) is 62.4 Å². The molecule has 3 rings (SSSR count). The molecule has 0 radical (unpaired) electrons. The summed E-state index contributed by atoms with van der Waals surface area (Å²) in [7, 11) is 3.44. The van der Waals surface area contributed by atoms with Crippen LogP contribution in [0.5, 0.6) is 0 Å². The maximum Gasteiger partial charge on any atom is 0.254 e. The summed E-state index contributed by atoms with van der Waals surface area (Å²) >= 11 is 0. The number of benzene rings is 2. The van der Waals surface area contributed by atoms with Crippen LogP contribution in [0.15, 0.2) is 48.5 Å². The first-order chi connectivity index (χ1) is 12.9. The Bertz CT molecular complexity index is 904. The molecule has 1 heterocycles. The largest absolute Gasteiger partial charge is 0.382 e. The smallest absolute Gasteiger partial charge is 0.254 e. The minimum absolute atomic E-state index is 0.0395. The third kappa shape index (κ3) is 4.03. The molecule has 0 bridgehead atoms. The van der Waals surface area contributed by atoms with Crippen molar-refractivity contribution in [1.29, 1.82) is 0 Å². The Labute approximate surface area is 158 Å². The van der Waals surface area contributed by atoms with Crippen molar-refractivity contribution in [2.75, 3.05) is 20.8 Å². The maximum atomic E-state index is 12.9. The van der Waals surface area contributed by atoms with Crippen LogP contribution in [-0.4, -0.2) is 57.7 Å². The fourth-order valence-electron chi connectivity index (χ4n) is 2.85. The second kappa shape index (κ2) is 7.67. The molecule has 0 saturated carbocycles. The Morgan fingerprint density at radius 1 is 1.11 bits per heavy atom. The molecule has 0 aliphatic rings. The summed E-state index contributed by atoms with van der Waals surface area (Å²) in [6.45, 7) is 4.43. The van der Waals surface area contributed by atoms with Gasteiger partial charge >= 0.3 is 0 Å². The average Bonchev–Trinajstić information content (AvgIpc) is 3.22. The fourth-order valence-corrected chi connectivity index (χ4v) is 2.85. The molecule has 1 aromatic heterocycles. The first-order valence-corrected chi connectivity index (χ1v) is 8.64. The van der Waals surface area contributed by atoms with Crippen molar-refractivity contribution in [2.45, 2.75) is 19.4 Å². The van der Waals surface area contributed by atoms with Crippen molar-refractivity contribution in [3.63, 3.8) is 0 Å². The van der Waals surface area contributed by atoms with Crippen molar-refractivity contribution >= 4 is 5.91 Å². The zero-order valence-corrected chi connectivity index (χ0v) is 15.9. The lowest BCUT2D eigenvalue weighted by molar-refractivity contribution is 0.0366. The van der Waals surface area contributed by atoms with Gasteiger partial charge in [0.1, 0.15) is 0 Å². The third-order valence-electron chi connectivity index (χ3n) is 4.64. The molecule has 7 nitrogen and oxygen atoms in total. The van der Waals surface area contributed by atoms with Crippen molar-refractivity contribution in [2.24, 2.45) is 0 Å². The van der Waals surface area contributed by atoms with Crippen LogP contribution in [0.3, 0.4) is 0 Å². The number of methoxy groups -OCH3 is 1. The normalized spacial score (nSPS) is 11.4. The highest BCUT2D eigenvalue weighted by molar-refractivity contribution is 5.95. The van der Waals surface area contributed by atoms with Crippen LogP contribution in [-0.2, 0) is 4.74 Å². The van der Waals surface area contributed by atoms with E-state index in [0.29, 0.717) is 18.0 Å². The van der Waals surface area contributed by atoms with Crippen LogP contribution < -0.4 is 0 Å². The van der Waals surface area contributed by atoms with Gasteiger partial charge in [-0.1, -0.05) is 36.4 Å². The lowest BCUT2D eigenvalue weighted by Crippen LogP contribution is -2.48. The standard InChI is InChI=1S/C20H23N5O2/c1-20(2,13-27-4)25(3)19(26)17-7-5-6-16(12-17)14-8-10-15(11-9-14)18-21-23-24-22-18/h5-12H,13H2,1-4H3,(H,21,22,23,24). The van der Waals surface area contributed by atoms with Gasteiger partial charge in [-0.25, -0.2) is 0 Å². The topological polar surface area (TPSA) is 84.0 Å². The van der Waals surface area contributed by atoms with Gasteiger partial charge in [-0.2, -0.15) is 5.21 Å². The zero-order chi connectivity index (χ0) is 19.4. The highest BCUT2D eigenvalue weighted by Crippen LogP contribution is 2.25. The Kier molecular flexibility index (Phi) is 5.32. The molecule has 27 heavy (non-hydrogen) atoms. The van der Waals surface area contributed by atoms with Crippen molar-refractivity contribution in [1.82, 2.24) is 25.5 Å². The molecule has 140 valence electrons. The summed E-state index contributed by atoms with van der Waals surface area (Å²) in [5, 5.41) is 14.0. The number of carbonyl (C=O) groups excluding carboxylic acids is 1. The number of tetrazole rings is 1. The lowest BCUT2D eigenvalue weighted by atomic mass is 9.99. The van der Waals surface area contributed by atoms with Crippen LogP contribution in [0.25, 0.3) is 22.5 Å². The van der Waals surface area contributed by atoms with Crippen LogP contribution in [0.1, 0.15) is 24.2 Å². The van der Waals surface area contributed by atoms with Gasteiger partial charge in [-0.15, -0.1) is 10.2 Å². The summed E-state index contributed by atoms with van der Waals surface area (Å²) < 4.78 is 5.24. The summed E-state index contributed by atoms with van der Waals surface area (Å²) in [5.74, 6) is 0.509. The number of hydrogen-bond donors (Lipinski definition) is 1. The van der Waals surface area contributed by atoms with E-state index in [1.165, 1.54) is 0 Å². The first kappa shape index (κ1) is 18.7. The summed E-state index contributed by atoms with van der Waals surface area (Å²) in [6.07, 6.45) is 0. The molecule has 1 N–H and O–H groups in total. The van der Waals surface area contributed by atoms with E-state index in [9.17, 15) is 4.79 Å². The van der Waals surface area contributed by atoms with E-state index in [-0.39, 0.29) is 5.91 Å². The van der Waals surface area contributed by atoms with E-state index in [2.05, 4.69) is 20.6 Å². The second-order valence-electron chi connectivity index (χ2n) is 7.00. The Balaban J connectivity index is 1.84. The molecule has 3 aromatic rings. The van der Waals surface area contributed by atoms with Gasteiger partial charge in [-0.05, 0) is 42.3 Å². The van der Waals surface area contributed by atoms with Crippen molar-refractivity contribution in [3.8, 4) is 22.5 Å². The fraction of sp³-hybridized carbons (Fsp3) is 0.300. The summed E-state index contributed by atoms with van der Waals surface area (Å²) in [6, 6.07) is 15.4. The number of aromatic nitrogens is 4. The van der Waals surface area contributed by atoms with Gasteiger partial charge < -0.3 is 9.64 Å². The number of carbonyl (C=O) groups is 1. The number of amides is 1. The molecule has 7 heteroatoms. The van der Waals surface area contributed by atoms with Gasteiger partial charge in [0, 0.05) is 25.3 Å². The molecule has 0 aliphatic carbocycles. The second-order valence-corrected chi connectivity index (χ2v) is 7.00. The number of nitrogens with zero attached hydrogens (tertiary/aromatic N) is 4. The summed E-state index contributed by atoms with van der Waals surface area (Å²) in [5.41, 5.74) is 3.10. The van der Waals surface area contributed by atoms with Crippen molar-refractivity contribution in [3.05, 3.63) is 54.1 Å². The minimum Gasteiger partial charge on any atom is -0.382 e. The van der Waals surface area contributed by atoms with E-state index >= 15 is 0 Å². The molecule has 1 amide bonds. The van der Waals surface area contributed by atoms with Gasteiger partial charge in [0.25, 0.3) is 5.91 Å². The number of likely N-dealkylation sites (N-methyl/N-ethyl adjacent to an activating group) is 1. The Morgan fingerprint density at radius 2 is 1.81 bits per heavy atom. The van der Waals surface area contributed by atoms with E-state index in [1.54, 1.807) is 19.1 Å². The molecule has 0 spiro atoms. The molecular weight excluding hydrogens is 342 g/mol. The molecule has 0 fully saturated rings. The molecule has 0 unspecified atom stereocenters. The van der Waals surface area contributed by atoms with E-state index in [4.69, 9.17) is 4.74 Å². The zero-order valence-electron chi connectivity index (χ0n) is 15.9. The number of aromatic amines is 1. The van der Waals surface area contributed by atoms with Gasteiger partial charge in [0.2, 0.25) is 5.82 Å². The minimum atomic E-state index is -0.395. The highest BCUT2D eigenvalue weighted by Gasteiger charge is 2.28. The average molecular weight is 365 g/mol.